The highest BCUT2D eigenvalue weighted by atomic mass is 16.3. The van der Waals surface area contributed by atoms with Gasteiger partial charge in [0.05, 0.1) is 0 Å². The van der Waals surface area contributed by atoms with E-state index >= 15 is 0 Å². The Hall–Kier alpha value is -4.18. The molecule has 0 aliphatic heterocycles. The second kappa shape index (κ2) is 9.22. The molecule has 0 atom stereocenters. The summed E-state index contributed by atoms with van der Waals surface area (Å²) in [5, 5.41) is 44.4. The highest BCUT2D eigenvalue weighted by Gasteiger charge is 2.19. The smallest absolute Gasteiger partial charge is 0.122 e. The van der Waals surface area contributed by atoms with Crippen LogP contribution in [0.2, 0.25) is 0 Å². The summed E-state index contributed by atoms with van der Waals surface area (Å²) in [6.07, 6.45) is 3.88. The molecule has 4 N–H and O–H groups in total. The van der Waals surface area contributed by atoms with Gasteiger partial charge >= 0.3 is 0 Å². The Morgan fingerprint density at radius 2 is 0.800 bits per heavy atom. The molecular formula is C31H28O4. The van der Waals surface area contributed by atoms with Crippen LogP contribution in [0, 0.1) is 0 Å². The van der Waals surface area contributed by atoms with Crippen molar-refractivity contribution in [3.8, 4) is 23.0 Å². The first-order valence-electron chi connectivity index (χ1n) is 11.8. The maximum absolute atomic E-state index is 11.2. The van der Waals surface area contributed by atoms with E-state index in [0.717, 1.165) is 5.56 Å². The molecule has 0 saturated carbocycles. The molecule has 0 radical (unpaired) electrons. The molecule has 4 heteroatoms. The molecule has 4 nitrogen and oxygen atoms in total. The second-order valence-electron chi connectivity index (χ2n) is 9.24. The number of hydrogen-bond acceptors (Lipinski definition) is 4. The van der Waals surface area contributed by atoms with Gasteiger partial charge in [0.25, 0.3) is 0 Å². The molecule has 5 rings (SSSR count). The summed E-state index contributed by atoms with van der Waals surface area (Å²) in [4.78, 5) is 0. The van der Waals surface area contributed by atoms with Gasteiger partial charge in [-0.3, -0.25) is 0 Å². The molecule has 1 aliphatic carbocycles. The number of phenols is 4. The van der Waals surface area contributed by atoms with Crippen molar-refractivity contribution in [2.24, 2.45) is 0 Å². The van der Waals surface area contributed by atoms with E-state index < -0.39 is 0 Å². The maximum atomic E-state index is 11.2. The molecule has 0 unspecified atom stereocenters. The minimum absolute atomic E-state index is 0.169. The van der Waals surface area contributed by atoms with Crippen LogP contribution in [0.4, 0.5) is 0 Å². The zero-order valence-corrected chi connectivity index (χ0v) is 19.5. The predicted molar refractivity (Wildman–Crippen MR) is 138 cm³/mol. The molecule has 35 heavy (non-hydrogen) atoms. The van der Waals surface area contributed by atoms with E-state index in [-0.39, 0.29) is 23.0 Å². The molecule has 0 amide bonds. The van der Waals surface area contributed by atoms with Crippen LogP contribution < -0.4 is 0 Å². The van der Waals surface area contributed by atoms with Gasteiger partial charge < -0.3 is 20.4 Å². The van der Waals surface area contributed by atoms with Crippen LogP contribution in [0.25, 0.3) is 0 Å². The lowest BCUT2D eigenvalue weighted by molar-refractivity contribution is 0.450. The third-order valence-corrected chi connectivity index (χ3v) is 6.84. The number of phenolic OH excluding ortho intramolecular Hbond substituents is 4. The Balaban J connectivity index is 1.73. The van der Waals surface area contributed by atoms with Crippen molar-refractivity contribution in [1.29, 1.82) is 0 Å². The topological polar surface area (TPSA) is 80.9 Å². The number of benzene rings is 4. The first kappa shape index (κ1) is 22.6. The van der Waals surface area contributed by atoms with Gasteiger partial charge in [0.1, 0.15) is 23.0 Å². The summed E-state index contributed by atoms with van der Waals surface area (Å²) >= 11 is 0. The number of rotatable bonds is 2. The molecule has 0 fully saturated rings. The van der Waals surface area contributed by atoms with Crippen LogP contribution in [-0.4, -0.2) is 20.4 Å². The molecule has 4 aromatic carbocycles. The van der Waals surface area contributed by atoms with Crippen molar-refractivity contribution < 1.29 is 20.4 Å². The Bertz CT molecular complexity index is 1340. The number of hydrogen-bond donors (Lipinski definition) is 4. The van der Waals surface area contributed by atoms with Crippen LogP contribution in [0.1, 0.15) is 50.1 Å². The SMILES string of the molecule is C=CCc1cc2c(O)c(c1)Cc1cccc(c1O)Cc1cccc(c1O)Cc1cccc(c1O)C2. The van der Waals surface area contributed by atoms with Gasteiger partial charge in [0.15, 0.2) is 0 Å². The van der Waals surface area contributed by atoms with E-state index in [0.29, 0.717) is 76.6 Å². The highest BCUT2D eigenvalue weighted by molar-refractivity contribution is 5.55. The quantitative estimate of drug-likeness (QED) is 0.245. The maximum Gasteiger partial charge on any atom is 0.122 e. The molecule has 1 aliphatic rings. The summed E-state index contributed by atoms with van der Waals surface area (Å²) in [5.74, 6) is 0.679. The number of allylic oxidation sites excluding steroid dienone is 1. The Kier molecular flexibility index (Phi) is 5.96. The summed E-state index contributed by atoms with van der Waals surface area (Å²) in [6.45, 7) is 3.85. The number of aromatic hydroxyl groups is 4. The fourth-order valence-electron chi connectivity index (χ4n) is 5.00. The zero-order valence-electron chi connectivity index (χ0n) is 19.5. The van der Waals surface area contributed by atoms with Gasteiger partial charge in [-0.2, -0.15) is 0 Å². The molecule has 0 heterocycles. The van der Waals surface area contributed by atoms with Crippen LogP contribution in [0.3, 0.4) is 0 Å². The van der Waals surface area contributed by atoms with E-state index in [1.165, 1.54) is 0 Å². The average molecular weight is 465 g/mol. The normalized spacial score (nSPS) is 12.8. The molecular weight excluding hydrogens is 436 g/mol. The number of fused-ring (bicyclic) bond motifs is 8. The first-order valence-corrected chi connectivity index (χ1v) is 11.8. The van der Waals surface area contributed by atoms with Crippen LogP contribution in [-0.2, 0) is 32.1 Å². The van der Waals surface area contributed by atoms with E-state index in [4.69, 9.17) is 0 Å². The van der Waals surface area contributed by atoms with E-state index in [9.17, 15) is 20.4 Å². The van der Waals surface area contributed by atoms with Crippen molar-refractivity contribution in [1.82, 2.24) is 0 Å². The zero-order chi connectivity index (χ0) is 24.5. The molecule has 0 aromatic heterocycles. The summed E-state index contributed by atoms with van der Waals surface area (Å²) in [6, 6.07) is 20.7. The Morgan fingerprint density at radius 3 is 1.11 bits per heavy atom. The lowest BCUT2D eigenvalue weighted by Crippen LogP contribution is -2.01. The lowest BCUT2D eigenvalue weighted by atomic mass is 9.90. The van der Waals surface area contributed by atoms with Gasteiger partial charge in [-0.05, 0) is 56.5 Å². The minimum atomic E-state index is 0.169. The van der Waals surface area contributed by atoms with E-state index in [2.05, 4.69) is 6.58 Å². The van der Waals surface area contributed by atoms with E-state index in [1.807, 2.05) is 72.8 Å². The van der Waals surface area contributed by atoms with Gasteiger partial charge in [-0.15, -0.1) is 6.58 Å². The number of para-hydroxylation sites is 3. The average Bonchev–Trinajstić information content (AvgIpc) is 2.84. The molecule has 0 spiro atoms. The third-order valence-electron chi connectivity index (χ3n) is 6.84. The van der Waals surface area contributed by atoms with Gasteiger partial charge in [-0.25, -0.2) is 0 Å². The van der Waals surface area contributed by atoms with Crippen LogP contribution in [0.15, 0.2) is 79.4 Å². The van der Waals surface area contributed by atoms with E-state index in [1.54, 1.807) is 0 Å². The van der Waals surface area contributed by atoms with Crippen molar-refractivity contribution in [2.75, 3.05) is 0 Å². The van der Waals surface area contributed by atoms with Crippen molar-refractivity contribution in [3.63, 3.8) is 0 Å². The summed E-state index contributed by atoms with van der Waals surface area (Å²) < 4.78 is 0. The summed E-state index contributed by atoms with van der Waals surface area (Å²) in [5.41, 5.74) is 6.64. The van der Waals surface area contributed by atoms with Crippen LogP contribution >= 0.6 is 0 Å². The van der Waals surface area contributed by atoms with Crippen molar-refractivity contribution in [2.45, 2.75) is 32.1 Å². The molecule has 0 saturated heterocycles. The largest absolute Gasteiger partial charge is 0.507 e. The minimum Gasteiger partial charge on any atom is -0.507 e. The van der Waals surface area contributed by atoms with Crippen LogP contribution in [0.5, 0.6) is 23.0 Å². The summed E-state index contributed by atoms with van der Waals surface area (Å²) in [7, 11) is 0. The second-order valence-corrected chi connectivity index (χ2v) is 9.24. The van der Waals surface area contributed by atoms with Gasteiger partial charge in [-0.1, -0.05) is 72.8 Å². The fraction of sp³-hybridized carbons (Fsp3) is 0.161. The van der Waals surface area contributed by atoms with Gasteiger partial charge in [0, 0.05) is 25.7 Å². The molecule has 4 aromatic rings. The Labute approximate surface area is 205 Å². The highest BCUT2D eigenvalue weighted by Crippen LogP contribution is 2.37. The third kappa shape index (κ3) is 4.35. The lowest BCUT2D eigenvalue weighted by Gasteiger charge is -2.17. The fourth-order valence-corrected chi connectivity index (χ4v) is 5.00. The monoisotopic (exact) mass is 464 g/mol. The molecule has 176 valence electrons. The molecule has 8 bridgehead atoms. The first-order chi connectivity index (χ1) is 16.9. The van der Waals surface area contributed by atoms with Crippen molar-refractivity contribution >= 4 is 0 Å². The van der Waals surface area contributed by atoms with Crippen molar-refractivity contribution in [3.05, 3.63) is 129 Å². The standard InChI is InChI=1S/C31H28O4/c1-2-6-19-13-26-17-24-11-4-9-22(29(24)33)15-20-7-3-8-21(28(20)32)16-23-10-5-12-25(30(23)34)18-27(14-19)31(26)35/h2-5,7-14,32-35H,1,6,15-18H2. The Morgan fingerprint density at radius 1 is 0.514 bits per heavy atom. The van der Waals surface area contributed by atoms with Gasteiger partial charge in [0.2, 0.25) is 0 Å². The predicted octanol–water partition coefficient (Wildman–Crippen LogP) is 5.91.